The van der Waals surface area contributed by atoms with Crippen molar-refractivity contribution in [1.29, 1.82) is 0 Å². The molecule has 84 valence electrons. The lowest BCUT2D eigenvalue weighted by atomic mass is 10.9. The van der Waals surface area contributed by atoms with Crippen molar-refractivity contribution in [3.8, 4) is 0 Å². The Morgan fingerprint density at radius 2 is 1.36 bits per heavy atom. The minimum atomic E-state index is -2.46. The number of hydrogen-bond donors (Lipinski definition) is 3. The molecule has 0 fully saturated rings. The Bertz CT molecular complexity index is 193. The maximum Gasteiger partial charge on any atom is 0.324 e. The first-order chi connectivity index (χ1) is 6.36. The largest absolute Gasteiger partial charge is 0.347 e. The maximum atomic E-state index is 10.5. The van der Waals surface area contributed by atoms with E-state index in [1.54, 1.807) is 13.8 Å². The van der Waals surface area contributed by atoms with Gasteiger partial charge in [-0.05, 0) is 9.04 Å². The SMILES string of the molecule is C[CH]([AlH][CH](C)[PH](=O)O)[PH](=O)O.O=PO. The van der Waals surface area contributed by atoms with Gasteiger partial charge in [0.25, 0.3) is 15.2 Å². The average molecular weight is 278 g/mol. The van der Waals surface area contributed by atoms with Gasteiger partial charge in [0.1, 0.15) is 0 Å². The summed E-state index contributed by atoms with van der Waals surface area (Å²) >= 11 is -0.869. The van der Waals surface area contributed by atoms with Crippen LogP contribution in [0.3, 0.4) is 0 Å². The van der Waals surface area contributed by atoms with Crippen molar-refractivity contribution in [3.63, 3.8) is 0 Å². The molecule has 0 saturated carbocycles. The third kappa shape index (κ3) is 11.0. The summed E-state index contributed by atoms with van der Waals surface area (Å²) < 4.78 is 29.0. The Hall–Kier alpha value is 0.972. The van der Waals surface area contributed by atoms with Gasteiger partial charge in [0.05, 0.1) is 0 Å². The normalized spacial score (nSPS) is 18.6. The number of hydrogen-bond acceptors (Lipinski definition) is 3. The predicted molar refractivity (Wildman–Crippen MR) is 58.3 cm³/mol. The van der Waals surface area contributed by atoms with E-state index < -0.39 is 40.0 Å². The molecular formula is C4H14AlO6P3. The molecule has 4 atom stereocenters. The molecule has 0 aromatic rings. The van der Waals surface area contributed by atoms with E-state index in [1.165, 1.54) is 0 Å². The van der Waals surface area contributed by atoms with Crippen LogP contribution in [-0.4, -0.2) is 38.9 Å². The summed E-state index contributed by atoms with van der Waals surface area (Å²) in [6, 6.07) is 0. The van der Waals surface area contributed by atoms with Gasteiger partial charge in [-0.3, -0.25) is 9.13 Å². The molecule has 6 nitrogen and oxygen atoms in total. The van der Waals surface area contributed by atoms with Crippen LogP contribution in [0.25, 0.3) is 0 Å². The highest BCUT2D eigenvalue weighted by atomic mass is 31.1. The van der Waals surface area contributed by atoms with Gasteiger partial charge in [-0.15, -0.1) is 0 Å². The van der Waals surface area contributed by atoms with Gasteiger partial charge in [0.2, 0.25) is 0 Å². The van der Waals surface area contributed by atoms with Gasteiger partial charge < -0.3 is 14.7 Å². The molecule has 14 heavy (non-hydrogen) atoms. The molecule has 3 N–H and O–H groups in total. The number of rotatable bonds is 4. The van der Waals surface area contributed by atoms with Crippen LogP contribution < -0.4 is 0 Å². The van der Waals surface area contributed by atoms with Gasteiger partial charge in [-0.25, -0.2) is 4.57 Å². The van der Waals surface area contributed by atoms with E-state index in [-0.39, 0.29) is 9.04 Å². The first-order valence-corrected chi connectivity index (χ1v) is 9.05. The highest BCUT2D eigenvalue weighted by Crippen LogP contribution is 2.27. The molecule has 0 radical (unpaired) electrons. The zero-order valence-electron chi connectivity index (χ0n) is 7.88. The molecule has 0 heterocycles. The van der Waals surface area contributed by atoms with Crippen LogP contribution >= 0.6 is 24.7 Å². The monoisotopic (exact) mass is 278 g/mol. The molecule has 0 aromatic carbocycles. The van der Waals surface area contributed by atoms with Crippen LogP contribution in [0.1, 0.15) is 13.8 Å². The van der Waals surface area contributed by atoms with E-state index in [1.807, 2.05) is 0 Å². The van der Waals surface area contributed by atoms with Crippen LogP contribution in [0.5, 0.6) is 0 Å². The molecule has 0 spiro atoms. The third-order valence-electron chi connectivity index (χ3n) is 1.55. The minimum Gasteiger partial charge on any atom is -0.347 e. The Kier molecular flexibility index (Phi) is 13.0. The second kappa shape index (κ2) is 10.5. The van der Waals surface area contributed by atoms with Gasteiger partial charge in [-0.1, -0.05) is 13.8 Å². The highest BCUT2D eigenvalue weighted by molar-refractivity contribution is 7.45. The molecule has 0 rings (SSSR count). The van der Waals surface area contributed by atoms with Crippen LogP contribution in [0.15, 0.2) is 0 Å². The first-order valence-electron chi connectivity index (χ1n) is 3.79. The Balaban J connectivity index is 0. The van der Waals surface area contributed by atoms with Crippen molar-refractivity contribution in [2.45, 2.75) is 22.9 Å². The Labute approximate surface area is 91.5 Å². The second-order valence-electron chi connectivity index (χ2n) is 2.80. The fourth-order valence-electron chi connectivity index (χ4n) is 0.732. The van der Waals surface area contributed by atoms with E-state index in [0.717, 1.165) is 0 Å². The molecule has 0 aliphatic rings. The van der Waals surface area contributed by atoms with E-state index in [2.05, 4.69) is 0 Å². The van der Waals surface area contributed by atoms with E-state index in [0.29, 0.717) is 0 Å². The second-order valence-corrected chi connectivity index (χ2v) is 10.8. The zero-order chi connectivity index (χ0) is 11.7. The highest BCUT2D eigenvalue weighted by Gasteiger charge is 2.19. The summed E-state index contributed by atoms with van der Waals surface area (Å²) in [6.07, 6.45) is 0. The summed E-state index contributed by atoms with van der Waals surface area (Å²) in [5, 5.41) is 0. The lowest BCUT2D eigenvalue weighted by Crippen LogP contribution is -2.18. The summed E-state index contributed by atoms with van der Waals surface area (Å²) in [7, 11) is -5.76. The summed E-state index contributed by atoms with van der Waals surface area (Å²) in [5.41, 5.74) is 0. The minimum absolute atomic E-state index is 0.212. The van der Waals surface area contributed by atoms with Crippen LogP contribution in [0, 0.1) is 0 Å². The molecule has 10 heteroatoms. The van der Waals surface area contributed by atoms with E-state index in [9.17, 15) is 9.13 Å². The van der Waals surface area contributed by atoms with Crippen LogP contribution in [-0.2, 0) is 13.7 Å². The van der Waals surface area contributed by atoms with Crippen LogP contribution in [0.4, 0.5) is 0 Å². The van der Waals surface area contributed by atoms with Gasteiger partial charge >= 0.3 is 8.69 Å². The van der Waals surface area contributed by atoms with Crippen molar-refractivity contribution in [3.05, 3.63) is 0 Å². The molecule has 0 aliphatic heterocycles. The standard InChI is InChI=1S/2C2H6O2P.Al.HO2P.H/c2*1-2-5(3)4;;1-3-2;/h2*2,5H,1H3,(H,3,4);;(H,1,2);. The smallest absolute Gasteiger partial charge is 0.324 e. The van der Waals surface area contributed by atoms with E-state index in [4.69, 9.17) is 19.2 Å². The van der Waals surface area contributed by atoms with E-state index >= 15 is 0 Å². The zero-order valence-corrected chi connectivity index (χ0v) is 12.2. The lowest BCUT2D eigenvalue weighted by molar-refractivity contribution is 0.499. The quantitative estimate of drug-likeness (QED) is 0.501. The Morgan fingerprint density at radius 1 is 1.14 bits per heavy atom. The topological polar surface area (TPSA) is 112 Å². The molecule has 0 aliphatic carbocycles. The van der Waals surface area contributed by atoms with Crippen molar-refractivity contribution in [2.24, 2.45) is 0 Å². The van der Waals surface area contributed by atoms with Crippen molar-refractivity contribution >= 4 is 40.0 Å². The first kappa shape index (κ1) is 17.4. The maximum absolute atomic E-state index is 10.5. The van der Waals surface area contributed by atoms with Gasteiger partial charge in [0.15, 0.2) is 16.1 Å². The fraction of sp³-hybridized carbons (Fsp3) is 1.00. The van der Waals surface area contributed by atoms with Crippen molar-refractivity contribution < 1.29 is 28.4 Å². The molecular weight excluding hydrogens is 264 g/mol. The molecule has 0 saturated heterocycles. The Morgan fingerprint density at radius 3 is 1.50 bits per heavy atom. The third-order valence-corrected chi connectivity index (χ3v) is 8.16. The van der Waals surface area contributed by atoms with Crippen molar-refractivity contribution in [2.75, 3.05) is 0 Å². The summed E-state index contributed by atoms with van der Waals surface area (Å²) in [5.74, 6) is 0. The van der Waals surface area contributed by atoms with Gasteiger partial charge in [-0.2, -0.15) is 0 Å². The lowest BCUT2D eigenvalue weighted by Gasteiger charge is -2.08. The molecule has 4 unspecified atom stereocenters. The molecule has 0 aromatic heterocycles. The predicted octanol–water partition coefficient (Wildman–Crippen LogP) is 0.234. The average Bonchev–Trinajstić information content (AvgIpc) is 2.05. The fourth-order valence-corrected chi connectivity index (χ4v) is 6.23. The molecule has 0 amide bonds. The summed E-state index contributed by atoms with van der Waals surface area (Å²) in [4.78, 5) is 24.3. The summed E-state index contributed by atoms with van der Waals surface area (Å²) in [6.45, 7) is 3.35. The molecule has 0 bridgehead atoms. The van der Waals surface area contributed by atoms with Crippen LogP contribution in [0.2, 0.25) is 0 Å². The van der Waals surface area contributed by atoms with Gasteiger partial charge in [0, 0.05) is 0 Å². The van der Waals surface area contributed by atoms with Crippen molar-refractivity contribution in [1.82, 2.24) is 0 Å².